The number of nitro groups is 1. The first-order valence-corrected chi connectivity index (χ1v) is 7.98. The molecule has 120 valence electrons. The minimum Gasteiger partial charge on any atom is -0.404 e. The molecule has 0 spiro atoms. The van der Waals surface area contributed by atoms with E-state index in [1.54, 1.807) is 0 Å². The highest BCUT2D eigenvalue weighted by molar-refractivity contribution is 7.46. The van der Waals surface area contributed by atoms with Crippen molar-refractivity contribution in [2.24, 2.45) is 0 Å². The van der Waals surface area contributed by atoms with Gasteiger partial charge in [0.25, 0.3) is 5.69 Å². The topological polar surface area (TPSA) is 113 Å². The molecule has 0 aromatic heterocycles. The van der Waals surface area contributed by atoms with Crippen LogP contribution in [0.15, 0.2) is 24.3 Å². The van der Waals surface area contributed by atoms with Crippen molar-refractivity contribution in [2.45, 2.75) is 20.8 Å². The summed E-state index contributed by atoms with van der Waals surface area (Å²) in [6.07, 6.45) is 0. The number of benzene rings is 1. The van der Waals surface area contributed by atoms with E-state index in [2.05, 4.69) is 30.2 Å². The molecule has 0 unspecified atom stereocenters. The van der Waals surface area contributed by atoms with Crippen molar-refractivity contribution in [2.75, 3.05) is 19.6 Å². The lowest BCUT2D eigenvalue weighted by molar-refractivity contribution is -0.384. The Labute approximate surface area is 123 Å². The molecule has 1 aromatic carbocycles. The SMILES string of the molecule is CCN(CC)CC.O=[N+]([O-])c1ccc(OP(=O)(O)O)cc1. The van der Waals surface area contributed by atoms with Crippen LogP contribution in [0.5, 0.6) is 5.75 Å². The van der Waals surface area contributed by atoms with Crippen molar-refractivity contribution in [1.29, 1.82) is 0 Å². The minimum atomic E-state index is -4.60. The highest BCUT2D eigenvalue weighted by atomic mass is 31.2. The van der Waals surface area contributed by atoms with E-state index in [4.69, 9.17) is 9.79 Å². The third kappa shape index (κ3) is 9.14. The van der Waals surface area contributed by atoms with Crippen molar-refractivity contribution in [3.05, 3.63) is 34.4 Å². The minimum absolute atomic E-state index is 0.121. The van der Waals surface area contributed by atoms with E-state index in [-0.39, 0.29) is 11.4 Å². The molecule has 0 aliphatic carbocycles. The molecule has 0 saturated carbocycles. The maximum atomic E-state index is 10.4. The first-order chi connectivity index (χ1) is 9.73. The standard InChI is InChI=1S/C6H6NO6P.C6H15N/c8-7(9)5-1-3-6(4-2-5)13-14(10,11)12;1-4-7(5-2)6-3/h1-4H,(H2,10,11,12);4-6H2,1-3H3. The Balaban J connectivity index is 0.000000486. The summed E-state index contributed by atoms with van der Waals surface area (Å²) in [5.41, 5.74) is -0.178. The zero-order valence-electron chi connectivity index (χ0n) is 12.3. The van der Waals surface area contributed by atoms with Crippen molar-refractivity contribution < 1.29 is 23.8 Å². The molecule has 0 heterocycles. The van der Waals surface area contributed by atoms with Gasteiger partial charge < -0.3 is 9.42 Å². The lowest BCUT2D eigenvalue weighted by Crippen LogP contribution is -2.21. The van der Waals surface area contributed by atoms with Crippen LogP contribution >= 0.6 is 7.82 Å². The monoisotopic (exact) mass is 320 g/mol. The van der Waals surface area contributed by atoms with E-state index in [1.165, 1.54) is 19.6 Å². The molecule has 0 amide bonds. The molecule has 0 aliphatic heterocycles. The fourth-order valence-corrected chi connectivity index (χ4v) is 1.83. The van der Waals surface area contributed by atoms with Gasteiger partial charge in [0, 0.05) is 12.1 Å². The Kier molecular flexibility index (Phi) is 8.80. The predicted octanol–water partition coefficient (Wildman–Crippen LogP) is 2.41. The average molecular weight is 320 g/mol. The quantitative estimate of drug-likeness (QED) is 0.470. The maximum absolute atomic E-state index is 10.4. The van der Waals surface area contributed by atoms with Gasteiger partial charge >= 0.3 is 7.82 Å². The highest BCUT2D eigenvalue weighted by Gasteiger charge is 2.16. The molecule has 8 nitrogen and oxygen atoms in total. The number of nitro benzene ring substituents is 1. The first-order valence-electron chi connectivity index (χ1n) is 6.45. The van der Waals surface area contributed by atoms with E-state index in [0.717, 1.165) is 24.3 Å². The molecule has 0 fully saturated rings. The van der Waals surface area contributed by atoms with Crippen molar-refractivity contribution in [3.63, 3.8) is 0 Å². The normalized spacial score (nSPS) is 10.8. The summed E-state index contributed by atoms with van der Waals surface area (Å²) >= 11 is 0. The Morgan fingerprint density at radius 1 is 1.14 bits per heavy atom. The molecule has 1 aromatic rings. The van der Waals surface area contributed by atoms with Gasteiger partial charge in [0.05, 0.1) is 4.92 Å². The number of nitrogens with zero attached hydrogens (tertiary/aromatic N) is 2. The van der Waals surface area contributed by atoms with Gasteiger partial charge in [-0.2, -0.15) is 0 Å². The fraction of sp³-hybridized carbons (Fsp3) is 0.500. The molecule has 1 rings (SSSR count). The van der Waals surface area contributed by atoms with Gasteiger partial charge in [0.2, 0.25) is 0 Å². The molecular weight excluding hydrogens is 299 g/mol. The van der Waals surface area contributed by atoms with Crippen molar-refractivity contribution in [1.82, 2.24) is 4.90 Å². The van der Waals surface area contributed by atoms with E-state index in [9.17, 15) is 14.7 Å². The largest absolute Gasteiger partial charge is 0.524 e. The van der Waals surface area contributed by atoms with Crippen LogP contribution in [-0.4, -0.2) is 39.2 Å². The van der Waals surface area contributed by atoms with Crippen LogP contribution in [0.2, 0.25) is 0 Å². The van der Waals surface area contributed by atoms with Crippen LogP contribution in [0.4, 0.5) is 5.69 Å². The second-order valence-corrected chi connectivity index (χ2v) is 5.12. The molecule has 2 N–H and O–H groups in total. The second-order valence-electron chi connectivity index (χ2n) is 3.95. The van der Waals surface area contributed by atoms with Crippen LogP contribution in [-0.2, 0) is 4.57 Å². The first kappa shape index (κ1) is 19.5. The maximum Gasteiger partial charge on any atom is 0.524 e. The number of phosphoric acid groups is 1. The lowest BCUT2D eigenvalue weighted by atomic mass is 10.3. The van der Waals surface area contributed by atoms with Gasteiger partial charge in [-0.15, -0.1) is 0 Å². The molecule has 0 radical (unpaired) electrons. The number of phosphoric ester groups is 1. The summed E-state index contributed by atoms with van der Waals surface area (Å²) in [6, 6.07) is 4.39. The van der Waals surface area contributed by atoms with Gasteiger partial charge in [-0.25, -0.2) is 4.57 Å². The Morgan fingerprint density at radius 3 is 1.81 bits per heavy atom. The van der Waals surface area contributed by atoms with E-state index < -0.39 is 12.7 Å². The van der Waals surface area contributed by atoms with Crippen LogP contribution in [0, 0.1) is 10.1 Å². The zero-order chi connectivity index (χ0) is 16.5. The molecule has 0 atom stereocenters. The number of rotatable bonds is 6. The fourth-order valence-electron chi connectivity index (χ4n) is 1.44. The molecule has 21 heavy (non-hydrogen) atoms. The summed E-state index contributed by atoms with van der Waals surface area (Å²) in [7, 11) is -4.60. The van der Waals surface area contributed by atoms with Crippen molar-refractivity contribution in [3.8, 4) is 5.75 Å². The number of hydrogen-bond donors (Lipinski definition) is 2. The smallest absolute Gasteiger partial charge is 0.404 e. The average Bonchev–Trinajstić information content (AvgIpc) is 2.40. The molecule has 0 bridgehead atoms. The van der Waals surface area contributed by atoms with Crippen molar-refractivity contribution >= 4 is 13.5 Å². The summed E-state index contributed by atoms with van der Waals surface area (Å²) < 4.78 is 14.5. The molecular formula is C12H21N2O6P. The Morgan fingerprint density at radius 2 is 1.57 bits per heavy atom. The van der Waals surface area contributed by atoms with Gasteiger partial charge in [0.15, 0.2) is 0 Å². The third-order valence-electron chi connectivity index (χ3n) is 2.61. The summed E-state index contributed by atoms with van der Waals surface area (Å²) in [4.78, 5) is 28.8. The van der Waals surface area contributed by atoms with Crippen LogP contribution in [0.25, 0.3) is 0 Å². The Hall–Kier alpha value is -1.47. The zero-order valence-corrected chi connectivity index (χ0v) is 13.2. The van der Waals surface area contributed by atoms with Crippen LogP contribution in [0.1, 0.15) is 20.8 Å². The van der Waals surface area contributed by atoms with E-state index in [0.29, 0.717) is 0 Å². The molecule has 9 heteroatoms. The van der Waals surface area contributed by atoms with E-state index in [1.807, 2.05) is 0 Å². The van der Waals surface area contributed by atoms with Crippen LogP contribution < -0.4 is 4.52 Å². The number of hydrogen-bond acceptors (Lipinski definition) is 5. The summed E-state index contributed by atoms with van der Waals surface area (Å²) in [5.74, 6) is -0.121. The lowest BCUT2D eigenvalue weighted by Gasteiger charge is -2.13. The highest BCUT2D eigenvalue weighted by Crippen LogP contribution is 2.37. The van der Waals surface area contributed by atoms with Crippen LogP contribution in [0.3, 0.4) is 0 Å². The van der Waals surface area contributed by atoms with Gasteiger partial charge in [-0.1, -0.05) is 20.8 Å². The van der Waals surface area contributed by atoms with Gasteiger partial charge in [-0.3, -0.25) is 19.9 Å². The van der Waals surface area contributed by atoms with E-state index >= 15 is 0 Å². The number of non-ortho nitro benzene ring substituents is 1. The molecule has 0 aliphatic rings. The third-order valence-corrected chi connectivity index (χ3v) is 3.06. The molecule has 0 saturated heterocycles. The summed E-state index contributed by atoms with van der Waals surface area (Å²) in [5, 5.41) is 10.2. The second kappa shape index (κ2) is 9.46. The Bertz CT molecular complexity index is 464. The summed E-state index contributed by atoms with van der Waals surface area (Å²) in [6.45, 7) is 10.1. The predicted molar refractivity (Wildman–Crippen MR) is 79.2 cm³/mol. The van der Waals surface area contributed by atoms with Gasteiger partial charge in [0.1, 0.15) is 5.75 Å². The van der Waals surface area contributed by atoms with Gasteiger partial charge in [-0.05, 0) is 31.8 Å².